The van der Waals surface area contributed by atoms with Gasteiger partial charge in [-0.2, -0.15) is 0 Å². The molecule has 2 aromatic carbocycles. The third-order valence-corrected chi connectivity index (χ3v) is 10.7. The van der Waals surface area contributed by atoms with E-state index >= 15 is 0 Å². The number of anilines is 1. The number of aromatic nitrogens is 1. The summed E-state index contributed by atoms with van der Waals surface area (Å²) in [6, 6.07) is 15.8. The first-order valence-electron chi connectivity index (χ1n) is 15.0. The Bertz CT molecular complexity index is 1310. The summed E-state index contributed by atoms with van der Waals surface area (Å²) in [7, 11) is -3.11. The molecule has 0 saturated heterocycles. The lowest BCUT2D eigenvalue weighted by molar-refractivity contribution is 0.155. The van der Waals surface area contributed by atoms with E-state index in [1.54, 1.807) is 23.5 Å². The lowest BCUT2D eigenvalue weighted by atomic mass is 9.81. The highest BCUT2D eigenvalue weighted by Gasteiger charge is 2.27. The van der Waals surface area contributed by atoms with E-state index in [1.165, 1.54) is 86.8 Å². The molecule has 2 aliphatic rings. The number of benzene rings is 2. The van der Waals surface area contributed by atoms with Crippen molar-refractivity contribution >= 4 is 26.3 Å². The number of hydrogen-bond acceptors (Lipinski definition) is 6. The smallest absolute Gasteiger partial charge is 0.180 e. The molecule has 0 amide bonds. The molecule has 1 aromatic heterocycles. The Balaban J connectivity index is 0.000000194. The number of aryl methyl sites for hydroxylation is 2. The largest absolute Gasteiger partial charge is 0.375 e. The van der Waals surface area contributed by atoms with Crippen molar-refractivity contribution in [1.29, 1.82) is 0 Å². The minimum absolute atomic E-state index is 0.355. The molecule has 218 valence electrons. The third-order valence-electron chi connectivity index (χ3n) is 8.58. The fraction of sp³-hybridized carbons (Fsp3) is 0.545. The Morgan fingerprint density at radius 2 is 1.57 bits per heavy atom. The zero-order valence-corrected chi connectivity index (χ0v) is 26.4. The van der Waals surface area contributed by atoms with E-state index in [4.69, 9.17) is 5.73 Å². The molecule has 1 heterocycles. The fourth-order valence-corrected chi connectivity index (χ4v) is 7.57. The fourth-order valence-electron chi connectivity index (χ4n) is 6.06. The Hall–Kier alpha value is -2.22. The Morgan fingerprint density at radius 1 is 0.950 bits per heavy atom. The Morgan fingerprint density at radius 3 is 2.17 bits per heavy atom. The van der Waals surface area contributed by atoms with Gasteiger partial charge >= 0.3 is 0 Å². The van der Waals surface area contributed by atoms with Crippen molar-refractivity contribution in [3.8, 4) is 11.1 Å². The second-order valence-electron chi connectivity index (χ2n) is 11.9. The van der Waals surface area contributed by atoms with Crippen LogP contribution in [0.3, 0.4) is 0 Å². The zero-order valence-electron chi connectivity index (χ0n) is 24.7. The van der Waals surface area contributed by atoms with Crippen molar-refractivity contribution in [1.82, 2.24) is 9.88 Å². The third kappa shape index (κ3) is 8.64. The van der Waals surface area contributed by atoms with E-state index in [1.807, 2.05) is 43.3 Å². The van der Waals surface area contributed by atoms with E-state index in [9.17, 15) is 8.42 Å². The summed E-state index contributed by atoms with van der Waals surface area (Å²) in [6.45, 7) is 9.29. The predicted octanol–water partition coefficient (Wildman–Crippen LogP) is 7.58. The highest BCUT2D eigenvalue weighted by atomic mass is 32.2. The number of nitrogens with two attached hydrogens (primary N) is 1. The highest BCUT2D eigenvalue weighted by Crippen LogP contribution is 2.33. The van der Waals surface area contributed by atoms with Crippen molar-refractivity contribution < 1.29 is 8.42 Å². The van der Waals surface area contributed by atoms with Crippen molar-refractivity contribution in [2.24, 2.45) is 11.8 Å². The Kier molecular flexibility index (Phi) is 10.8. The van der Waals surface area contributed by atoms with Gasteiger partial charge in [-0.15, -0.1) is 11.3 Å². The highest BCUT2D eigenvalue weighted by molar-refractivity contribution is 7.90. The number of nitrogens with zero attached hydrogens (tertiary/aromatic N) is 2. The summed E-state index contributed by atoms with van der Waals surface area (Å²) in [5, 5.41) is 0.758. The van der Waals surface area contributed by atoms with Crippen LogP contribution < -0.4 is 5.73 Å². The first-order valence-corrected chi connectivity index (χ1v) is 17.7. The van der Waals surface area contributed by atoms with Gasteiger partial charge in [-0.3, -0.25) is 4.90 Å². The lowest BCUT2D eigenvalue weighted by Gasteiger charge is -2.35. The maximum absolute atomic E-state index is 11.3. The van der Waals surface area contributed by atoms with Gasteiger partial charge in [-0.05, 0) is 80.8 Å². The number of thiazole rings is 1. The average molecular weight is 582 g/mol. The minimum atomic E-state index is -3.11. The van der Waals surface area contributed by atoms with Gasteiger partial charge in [0.2, 0.25) is 0 Å². The van der Waals surface area contributed by atoms with E-state index in [0.29, 0.717) is 10.9 Å². The van der Waals surface area contributed by atoms with Crippen LogP contribution in [0, 0.1) is 18.8 Å². The van der Waals surface area contributed by atoms with Crippen LogP contribution in [0.2, 0.25) is 0 Å². The number of sulfone groups is 1. The van der Waals surface area contributed by atoms with Gasteiger partial charge in [0.15, 0.2) is 15.0 Å². The molecule has 2 N–H and O–H groups in total. The number of hydrogen-bond donors (Lipinski definition) is 1. The molecule has 1 atom stereocenters. The van der Waals surface area contributed by atoms with Crippen LogP contribution in [-0.2, 0) is 22.7 Å². The molecule has 0 spiro atoms. The van der Waals surface area contributed by atoms with Crippen LogP contribution in [0.5, 0.6) is 0 Å². The first-order chi connectivity index (χ1) is 19.1. The number of fused-ring (bicyclic) bond motifs is 1. The zero-order chi connectivity index (χ0) is 28.7. The van der Waals surface area contributed by atoms with Crippen molar-refractivity contribution in [2.75, 3.05) is 25.1 Å². The molecule has 1 unspecified atom stereocenters. The van der Waals surface area contributed by atoms with Gasteiger partial charge in [-0.25, -0.2) is 13.4 Å². The summed E-state index contributed by atoms with van der Waals surface area (Å²) < 4.78 is 22.7. The van der Waals surface area contributed by atoms with E-state index in [-0.39, 0.29) is 0 Å². The summed E-state index contributed by atoms with van der Waals surface area (Å²) in [4.78, 5) is 9.13. The first kappa shape index (κ1) is 30.7. The van der Waals surface area contributed by atoms with Gasteiger partial charge in [0, 0.05) is 23.6 Å². The average Bonchev–Trinajstić information content (AvgIpc) is 3.31. The lowest BCUT2D eigenvalue weighted by Crippen LogP contribution is -2.41. The van der Waals surface area contributed by atoms with Gasteiger partial charge in [0.1, 0.15) is 0 Å². The molecule has 0 bridgehead atoms. The van der Waals surface area contributed by atoms with E-state index in [0.717, 1.165) is 34.5 Å². The van der Waals surface area contributed by atoms with E-state index < -0.39 is 9.84 Å². The molecule has 5 rings (SSSR count). The summed E-state index contributed by atoms with van der Waals surface area (Å²) in [6.07, 6.45) is 13.3. The minimum Gasteiger partial charge on any atom is -0.375 e. The molecule has 5 nitrogen and oxygen atoms in total. The molecule has 7 heteroatoms. The van der Waals surface area contributed by atoms with Crippen molar-refractivity contribution in [3.05, 3.63) is 64.7 Å². The molecule has 1 fully saturated rings. The summed E-state index contributed by atoms with van der Waals surface area (Å²) in [5.74, 6) is 1.93. The van der Waals surface area contributed by atoms with Crippen LogP contribution in [-0.4, -0.2) is 43.7 Å². The summed E-state index contributed by atoms with van der Waals surface area (Å²) in [5.41, 5.74) is 10.5. The molecular weight excluding hydrogens is 535 g/mol. The van der Waals surface area contributed by atoms with E-state index in [2.05, 4.69) is 23.7 Å². The van der Waals surface area contributed by atoms with Crippen LogP contribution >= 0.6 is 11.3 Å². The molecule has 1 saturated carbocycles. The molecule has 0 aliphatic heterocycles. The SMILES string of the molecule is CCCN(CCC1CCC(C)CC1)C1CCc2sc(N)nc2C1.Cc1ccc(-c2ccc(S(C)(=O)=O)cc2)cc1. The maximum atomic E-state index is 11.3. The number of rotatable bonds is 8. The van der Waals surface area contributed by atoms with Crippen LogP contribution in [0.4, 0.5) is 5.13 Å². The van der Waals surface area contributed by atoms with Crippen molar-refractivity contribution in [2.45, 2.75) is 89.5 Å². The van der Waals surface area contributed by atoms with Crippen LogP contribution in [0.25, 0.3) is 11.1 Å². The predicted molar refractivity (Wildman–Crippen MR) is 170 cm³/mol. The second kappa shape index (κ2) is 14.1. The normalized spacial score (nSPS) is 21.0. The monoisotopic (exact) mass is 581 g/mol. The molecule has 2 aliphatic carbocycles. The molecular formula is C33H47N3O2S2. The standard InChI is InChI=1S/C19H33N3S.C14H14O2S/c1-3-11-22(12-10-15-6-4-14(2)5-7-15)16-8-9-18-17(13-16)21-19(20)23-18;1-11-3-5-12(6-4-11)13-7-9-14(10-8-13)17(2,15)16/h14-16H,3-13H2,1-2H3,(H2,20,21);3-10H,1-2H3. The van der Waals surface area contributed by atoms with Gasteiger partial charge < -0.3 is 5.73 Å². The maximum Gasteiger partial charge on any atom is 0.180 e. The van der Waals surface area contributed by atoms with Crippen molar-refractivity contribution in [3.63, 3.8) is 0 Å². The molecule has 40 heavy (non-hydrogen) atoms. The van der Waals surface area contributed by atoms with Gasteiger partial charge in [0.05, 0.1) is 10.6 Å². The summed E-state index contributed by atoms with van der Waals surface area (Å²) >= 11 is 1.70. The van der Waals surface area contributed by atoms with Crippen LogP contribution in [0.1, 0.15) is 74.9 Å². The number of nitrogen functional groups attached to an aromatic ring is 1. The van der Waals surface area contributed by atoms with Crippen LogP contribution in [0.15, 0.2) is 53.4 Å². The van der Waals surface area contributed by atoms with Gasteiger partial charge in [0.25, 0.3) is 0 Å². The Labute approximate surface area is 246 Å². The molecule has 0 radical (unpaired) electrons. The molecule has 3 aromatic rings. The quantitative estimate of drug-likeness (QED) is 0.297. The van der Waals surface area contributed by atoms with Gasteiger partial charge in [-0.1, -0.05) is 81.5 Å². The second-order valence-corrected chi connectivity index (χ2v) is 15.1. The topological polar surface area (TPSA) is 76.3 Å².